The smallest absolute Gasteiger partial charge is 0.349 e. The van der Waals surface area contributed by atoms with E-state index >= 15 is 0 Å². The maximum Gasteiger partial charge on any atom is 0.349 e. The summed E-state index contributed by atoms with van der Waals surface area (Å²) in [6.07, 6.45) is 0.998. The third-order valence-corrected chi connectivity index (χ3v) is 2.22. The lowest BCUT2D eigenvalue weighted by molar-refractivity contribution is -0.142. The Morgan fingerprint density at radius 3 is 2.71 bits per heavy atom. The van der Waals surface area contributed by atoms with Crippen LogP contribution in [0.5, 0.6) is 0 Å². The van der Waals surface area contributed by atoms with Crippen LogP contribution in [0, 0.1) is 0 Å². The lowest BCUT2D eigenvalue weighted by Crippen LogP contribution is -2.26. The van der Waals surface area contributed by atoms with Crippen molar-refractivity contribution in [2.75, 3.05) is 0 Å². The van der Waals surface area contributed by atoms with Crippen LogP contribution in [0.2, 0.25) is 0 Å². The molecule has 2 rings (SSSR count). The van der Waals surface area contributed by atoms with Crippen molar-refractivity contribution >= 4 is 12.2 Å². The molecule has 0 fully saturated rings. The number of carbonyl (C=O) groups is 1. The molecule has 0 aliphatic carbocycles. The van der Waals surface area contributed by atoms with Gasteiger partial charge in [0, 0.05) is 0 Å². The largest absolute Gasteiger partial charge is 0.451 e. The van der Waals surface area contributed by atoms with Gasteiger partial charge in [-0.2, -0.15) is 0 Å². The van der Waals surface area contributed by atoms with Crippen LogP contribution in [-0.2, 0) is 9.53 Å². The van der Waals surface area contributed by atoms with Crippen molar-refractivity contribution in [1.82, 2.24) is 0 Å². The zero-order valence-corrected chi connectivity index (χ0v) is 7.88. The summed E-state index contributed by atoms with van der Waals surface area (Å²) in [5.74, 6) is -0.364. The molecule has 1 aromatic rings. The molecule has 0 N–H and O–H groups in total. The van der Waals surface area contributed by atoms with Gasteiger partial charge in [-0.15, -0.1) is 0 Å². The van der Waals surface area contributed by atoms with Crippen LogP contribution in [0.1, 0.15) is 18.6 Å². The number of cyclic esters (lactones) is 1. The zero-order valence-electron chi connectivity index (χ0n) is 7.88. The number of hydrogen-bond acceptors (Lipinski definition) is 3. The average molecular weight is 189 g/mol. The van der Waals surface area contributed by atoms with Gasteiger partial charge in [0.05, 0.1) is 6.04 Å². The Kier molecular flexibility index (Phi) is 2.31. The Morgan fingerprint density at radius 1 is 1.29 bits per heavy atom. The maximum absolute atomic E-state index is 11.0. The van der Waals surface area contributed by atoms with E-state index in [2.05, 4.69) is 4.99 Å². The summed E-state index contributed by atoms with van der Waals surface area (Å²) in [7, 11) is 0. The first-order chi connectivity index (χ1) is 6.77. The molecule has 1 aliphatic heterocycles. The highest BCUT2D eigenvalue weighted by atomic mass is 16.5. The summed E-state index contributed by atoms with van der Waals surface area (Å²) in [5, 5.41) is 0. The normalized spacial score (nSPS) is 25.9. The highest BCUT2D eigenvalue weighted by Crippen LogP contribution is 2.25. The van der Waals surface area contributed by atoms with Gasteiger partial charge in [-0.05, 0) is 12.5 Å². The van der Waals surface area contributed by atoms with Crippen molar-refractivity contribution < 1.29 is 9.53 Å². The van der Waals surface area contributed by atoms with Gasteiger partial charge >= 0.3 is 5.97 Å². The summed E-state index contributed by atoms with van der Waals surface area (Å²) < 4.78 is 5.20. The van der Waals surface area contributed by atoms with Crippen molar-refractivity contribution in [3.63, 3.8) is 0 Å². The second-order valence-corrected chi connectivity index (χ2v) is 3.29. The summed E-state index contributed by atoms with van der Waals surface area (Å²) in [6.45, 7) is 1.93. The number of hydrogen-bond donors (Lipinski definition) is 0. The molecule has 0 spiro atoms. The van der Waals surface area contributed by atoms with E-state index in [0.717, 1.165) is 5.56 Å². The Morgan fingerprint density at radius 2 is 2.00 bits per heavy atom. The van der Waals surface area contributed by atoms with E-state index in [1.165, 1.54) is 6.21 Å². The molecule has 3 heteroatoms. The fraction of sp³-hybridized carbons (Fsp3) is 0.273. The minimum absolute atomic E-state index is 0.00454. The summed E-state index contributed by atoms with van der Waals surface area (Å²) >= 11 is 0. The van der Waals surface area contributed by atoms with E-state index in [4.69, 9.17) is 4.74 Å². The van der Waals surface area contributed by atoms with E-state index in [0.29, 0.717) is 0 Å². The van der Waals surface area contributed by atoms with Crippen LogP contribution >= 0.6 is 0 Å². The lowest BCUT2D eigenvalue weighted by atomic mass is 10.0. The third kappa shape index (κ3) is 1.66. The van der Waals surface area contributed by atoms with Crippen molar-refractivity contribution in [3.8, 4) is 0 Å². The highest BCUT2D eigenvalue weighted by molar-refractivity contribution is 6.23. The lowest BCUT2D eigenvalue weighted by Gasteiger charge is -2.24. The molecule has 0 saturated carbocycles. The van der Waals surface area contributed by atoms with Crippen molar-refractivity contribution in [2.45, 2.75) is 19.1 Å². The average Bonchev–Trinajstić information content (AvgIpc) is 2.23. The Bertz CT molecular complexity index is 359. The highest BCUT2D eigenvalue weighted by Gasteiger charge is 2.25. The first-order valence-electron chi connectivity index (χ1n) is 4.56. The fourth-order valence-electron chi connectivity index (χ4n) is 1.50. The number of carbonyl (C=O) groups excluding carboxylic acids is 1. The minimum atomic E-state index is -0.364. The van der Waals surface area contributed by atoms with Gasteiger partial charge in [0.2, 0.25) is 0 Å². The summed E-state index contributed by atoms with van der Waals surface area (Å²) in [6, 6.07) is 9.66. The van der Waals surface area contributed by atoms with Crippen molar-refractivity contribution in [1.29, 1.82) is 0 Å². The van der Waals surface area contributed by atoms with E-state index in [9.17, 15) is 4.79 Å². The van der Waals surface area contributed by atoms with Crippen molar-refractivity contribution in [2.24, 2.45) is 4.99 Å². The van der Waals surface area contributed by atoms with Crippen LogP contribution in [-0.4, -0.2) is 18.2 Å². The Labute approximate surface area is 82.4 Å². The predicted octanol–water partition coefficient (Wildman–Crippen LogP) is 1.74. The molecule has 0 amide bonds. The molecule has 2 atom stereocenters. The van der Waals surface area contributed by atoms with Gasteiger partial charge in [0.1, 0.15) is 12.3 Å². The monoisotopic (exact) mass is 189 g/mol. The Balaban J connectivity index is 2.27. The molecule has 1 aliphatic rings. The molecule has 0 unspecified atom stereocenters. The van der Waals surface area contributed by atoms with E-state index in [1.54, 1.807) is 0 Å². The van der Waals surface area contributed by atoms with Crippen LogP contribution in [0.15, 0.2) is 35.3 Å². The summed E-state index contributed by atoms with van der Waals surface area (Å²) in [5.41, 5.74) is 0.991. The fourth-order valence-corrected chi connectivity index (χ4v) is 1.50. The van der Waals surface area contributed by atoms with Gasteiger partial charge in [-0.1, -0.05) is 30.3 Å². The SMILES string of the molecule is C[C@H]1N=CC(=O)O[C@H]1c1ccccc1. The number of benzene rings is 1. The summed E-state index contributed by atoms with van der Waals surface area (Å²) in [4.78, 5) is 15.1. The molecule has 72 valence electrons. The quantitative estimate of drug-likeness (QED) is 0.631. The van der Waals surface area contributed by atoms with Crippen LogP contribution in [0.3, 0.4) is 0 Å². The van der Waals surface area contributed by atoms with Crippen LogP contribution in [0.4, 0.5) is 0 Å². The van der Waals surface area contributed by atoms with E-state index in [-0.39, 0.29) is 18.1 Å². The second kappa shape index (κ2) is 3.62. The van der Waals surface area contributed by atoms with E-state index < -0.39 is 0 Å². The number of nitrogens with zero attached hydrogens (tertiary/aromatic N) is 1. The Hall–Kier alpha value is -1.64. The first-order valence-corrected chi connectivity index (χ1v) is 4.56. The molecule has 3 nitrogen and oxygen atoms in total. The molecule has 0 aromatic heterocycles. The number of aliphatic imine (C=N–C) groups is 1. The second-order valence-electron chi connectivity index (χ2n) is 3.29. The first kappa shape index (κ1) is 8.94. The zero-order chi connectivity index (χ0) is 9.97. The maximum atomic E-state index is 11.0. The van der Waals surface area contributed by atoms with Crippen LogP contribution < -0.4 is 0 Å². The van der Waals surface area contributed by atoms with Gasteiger partial charge in [-0.25, -0.2) is 4.79 Å². The molecule has 14 heavy (non-hydrogen) atoms. The molecule has 0 saturated heterocycles. The third-order valence-electron chi connectivity index (χ3n) is 2.22. The molecule has 0 radical (unpaired) electrons. The number of esters is 1. The number of ether oxygens (including phenoxy) is 1. The predicted molar refractivity (Wildman–Crippen MR) is 53.2 cm³/mol. The molecular formula is C11H11NO2. The van der Waals surface area contributed by atoms with Crippen LogP contribution in [0.25, 0.3) is 0 Å². The van der Waals surface area contributed by atoms with Crippen molar-refractivity contribution in [3.05, 3.63) is 35.9 Å². The topological polar surface area (TPSA) is 38.7 Å². The molecule has 0 bridgehead atoms. The number of rotatable bonds is 1. The standard InChI is InChI=1S/C11H11NO2/c1-8-11(14-10(13)7-12-8)9-5-3-2-4-6-9/h2-8,11H,1H3/t8-,11-/m1/s1. The molecule has 1 heterocycles. The minimum Gasteiger partial charge on any atom is -0.451 e. The molecular weight excluding hydrogens is 178 g/mol. The molecule has 1 aromatic carbocycles. The van der Waals surface area contributed by atoms with Gasteiger partial charge in [0.25, 0.3) is 0 Å². The van der Waals surface area contributed by atoms with Gasteiger partial charge in [0.15, 0.2) is 0 Å². The van der Waals surface area contributed by atoms with Gasteiger partial charge in [-0.3, -0.25) is 4.99 Å². The van der Waals surface area contributed by atoms with E-state index in [1.807, 2.05) is 37.3 Å². The van der Waals surface area contributed by atoms with Gasteiger partial charge < -0.3 is 4.74 Å².